The van der Waals surface area contributed by atoms with Gasteiger partial charge in [-0.15, -0.1) is 10.2 Å². The van der Waals surface area contributed by atoms with E-state index >= 15 is 0 Å². The Kier molecular flexibility index (Phi) is 3.78. The van der Waals surface area contributed by atoms with Crippen LogP contribution in [0.25, 0.3) is 0 Å². The number of nitrogens with zero attached hydrogens (tertiary/aromatic N) is 2. The number of rotatable bonds is 3. The van der Waals surface area contributed by atoms with Crippen LogP contribution in [0.3, 0.4) is 0 Å². The molecule has 18 heavy (non-hydrogen) atoms. The zero-order chi connectivity index (χ0) is 13.1. The van der Waals surface area contributed by atoms with Gasteiger partial charge in [-0.3, -0.25) is 10.1 Å². The Morgan fingerprint density at radius 3 is 2.89 bits per heavy atom. The average Bonchev–Trinajstić information content (AvgIpc) is 2.80. The highest BCUT2D eigenvalue weighted by Crippen LogP contribution is 2.21. The van der Waals surface area contributed by atoms with Crippen LogP contribution < -0.4 is 11.1 Å². The number of aryl methyl sites for hydroxylation is 1. The largest absolute Gasteiger partial charge is 0.398 e. The molecule has 1 aromatic carbocycles. The Hall–Kier alpha value is -1.66. The summed E-state index contributed by atoms with van der Waals surface area (Å²) < 4.78 is 0. The molecule has 0 spiro atoms. The summed E-state index contributed by atoms with van der Waals surface area (Å²) in [7, 11) is 0. The van der Waals surface area contributed by atoms with Crippen LogP contribution >= 0.6 is 22.9 Å². The van der Waals surface area contributed by atoms with Crippen LogP contribution in [0.15, 0.2) is 18.2 Å². The first-order chi connectivity index (χ1) is 8.60. The first kappa shape index (κ1) is 12.8. The van der Waals surface area contributed by atoms with Gasteiger partial charge in [-0.1, -0.05) is 29.9 Å². The molecule has 0 unspecified atom stereocenters. The number of hydrogen-bond donors (Lipinski definition) is 2. The highest BCUT2D eigenvalue weighted by Gasteiger charge is 2.10. The quantitative estimate of drug-likeness (QED) is 0.848. The maximum Gasteiger partial charge on any atom is 0.257 e. The Labute approximate surface area is 113 Å². The lowest BCUT2D eigenvalue weighted by molar-refractivity contribution is 0.102. The van der Waals surface area contributed by atoms with Crippen molar-refractivity contribution in [2.75, 3.05) is 11.1 Å². The normalized spacial score (nSPS) is 10.3. The monoisotopic (exact) mass is 282 g/mol. The lowest BCUT2D eigenvalue weighted by Gasteiger charge is -2.03. The maximum absolute atomic E-state index is 11.9. The number of hydrogen-bond acceptors (Lipinski definition) is 5. The fraction of sp³-hybridized carbons (Fsp3) is 0.182. The van der Waals surface area contributed by atoms with Crippen LogP contribution in [0.5, 0.6) is 0 Å². The zero-order valence-electron chi connectivity index (χ0n) is 9.61. The average molecular weight is 283 g/mol. The Morgan fingerprint density at radius 2 is 2.28 bits per heavy atom. The van der Waals surface area contributed by atoms with E-state index in [0.717, 1.165) is 11.4 Å². The van der Waals surface area contributed by atoms with Crippen molar-refractivity contribution in [2.24, 2.45) is 0 Å². The molecule has 7 heteroatoms. The Morgan fingerprint density at radius 1 is 1.50 bits per heavy atom. The smallest absolute Gasteiger partial charge is 0.257 e. The molecule has 0 saturated heterocycles. The van der Waals surface area contributed by atoms with Crippen molar-refractivity contribution in [3.05, 3.63) is 33.8 Å². The fourth-order valence-electron chi connectivity index (χ4n) is 1.28. The third-order valence-electron chi connectivity index (χ3n) is 2.25. The first-order valence-electron chi connectivity index (χ1n) is 5.29. The fourth-order valence-corrected chi connectivity index (χ4v) is 2.14. The van der Waals surface area contributed by atoms with Gasteiger partial charge in [-0.25, -0.2) is 0 Å². The van der Waals surface area contributed by atoms with Crippen LogP contribution in [0, 0.1) is 0 Å². The third-order valence-corrected chi connectivity index (χ3v) is 3.56. The van der Waals surface area contributed by atoms with E-state index in [2.05, 4.69) is 15.5 Å². The second kappa shape index (κ2) is 5.32. The molecule has 1 amide bonds. The van der Waals surface area contributed by atoms with Crippen molar-refractivity contribution in [3.8, 4) is 0 Å². The van der Waals surface area contributed by atoms with Gasteiger partial charge >= 0.3 is 0 Å². The molecule has 1 heterocycles. The number of nitrogen functional groups attached to an aromatic ring is 1. The topological polar surface area (TPSA) is 80.9 Å². The van der Waals surface area contributed by atoms with Gasteiger partial charge in [0.15, 0.2) is 0 Å². The predicted molar refractivity (Wildman–Crippen MR) is 73.1 cm³/mol. The third kappa shape index (κ3) is 2.77. The van der Waals surface area contributed by atoms with Crippen LogP contribution in [0.2, 0.25) is 5.02 Å². The summed E-state index contributed by atoms with van der Waals surface area (Å²) in [6.45, 7) is 1.98. The molecule has 0 bridgehead atoms. The first-order valence-corrected chi connectivity index (χ1v) is 6.48. The molecule has 0 radical (unpaired) electrons. The van der Waals surface area contributed by atoms with E-state index in [1.165, 1.54) is 17.4 Å². The lowest BCUT2D eigenvalue weighted by Crippen LogP contribution is -2.11. The van der Waals surface area contributed by atoms with Crippen molar-refractivity contribution >= 4 is 39.7 Å². The van der Waals surface area contributed by atoms with E-state index in [1.54, 1.807) is 12.1 Å². The number of benzene rings is 1. The second-order valence-corrected chi connectivity index (χ2v) is 5.01. The van der Waals surface area contributed by atoms with Crippen molar-refractivity contribution in [3.63, 3.8) is 0 Å². The van der Waals surface area contributed by atoms with Gasteiger partial charge in [0.25, 0.3) is 5.91 Å². The van der Waals surface area contributed by atoms with E-state index in [4.69, 9.17) is 17.3 Å². The number of nitrogens with one attached hydrogen (secondary N) is 1. The molecule has 0 aliphatic rings. The number of nitrogens with two attached hydrogens (primary N) is 1. The molecule has 1 aromatic heterocycles. The maximum atomic E-state index is 11.9. The lowest BCUT2D eigenvalue weighted by atomic mass is 10.2. The number of carbonyl (C=O) groups is 1. The summed E-state index contributed by atoms with van der Waals surface area (Å²) in [5, 5.41) is 12.2. The van der Waals surface area contributed by atoms with Crippen molar-refractivity contribution in [1.29, 1.82) is 0 Å². The van der Waals surface area contributed by atoms with E-state index in [-0.39, 0.29) is 5.91 Å². The highest BCUT2D eigenvalue weighted by molar-refractivity contribution is 7.15. The van der Waals surface area contributed by atoms with E-state index in [9.17, 15) is 4.79 Å². The van der Waals surface area contributed by atoms with E-state index in [0.29, 0.717) is 21.4 Å². The second-order valence-electron chi connectivity index (χ2n) is 3.54. The highest BCUT2D eigenvalue weighted by atomic mass is 35.5. The molecule has 94 valence electrons. The summed E-state index contributed by atoms with van der Waals surface area (Å²) in [6, 6.07) is 4.72. The molecule has 2 rings (SSSR count). The van der Waals surface area contributed by atoms with E-state index in [1.807, 2.05) is 6.92 Å². The Bertz CT molecular complexity index is 584. The molecule has 2 aromatic rings. The molecular formula is C11H11ClN4OS. The number of anilines is 2. The summed E-state index contributed by atoms with van der Waals surface area (Å²) in [6.07, 6.45) is 0.793. The minimum absolute atomic E-state index is 0.282. The van der Waals surface area contributed by atoms with Gasteiger partial charge in [0, 0.05) is 5.56 Å². The summed E-state index contributed by atoms with van der Waals surface area (Å²) in [5.74, 6) is -0.282. The standard InChI is InChI=1S/C11H11ClN4OS/c1-2-9-15-16-11(18-9)14-10(17)6-3-4-8(13)7(12)5-6/h3-5H,2,13H2,1H3,(H,14,16,17). The van der Waals surface area contributed by atoms with Crippen LogP contribution in [-0.4, -0.2) is 16.1 Å². The van der Waals surface area contributed by atoms with Gasteiger partial charge < -0.3 is 5.73 Å². The predicted octanol–water partition coefficient (Wildman–Crippen LogP) is 2.59. The minimum atomic E-state index is -0.282. The van der Waals surface area contributed by atoms with Gasteiger partial charge in [-0.05, 0) is 24.6 Å². The number of carbonyl (C=O) groups excluding carboxylic acids is 1. The molecule has 3 N–H and O–H groups in total. The van der Waals surface area contributed by atoms with Gasteiger partial charge in [-0.2, -0.15) is 0 Å². The molecule has 0 saturated carbocycles. The molecule has 0 aliphatic carbocycles. The van der Waals surface area contributed by atoms with Gasteiger partial charge in [0.2, 0.25) is 5.13 Å². The molecule has 5 nitrogen and oxygen atoms in total. The SMILES string of the molecule is CCc1nnc(NC(=O)c2ccc(N)c(Cl)c2)s1. The number of amides is 1. The van der Waals surface area contributed by atoms with Gasteiger partial charge in [0.05, 0.1) is 10.7 Å². The summed E-state index contributed by atoms with van der Waals surface area (Å²) >= 11 is 7.21. The molecular weight excluding hydrogens is 272 g/mol. The van der Waals surface area contributed by atoms with Crippen LogP contribution in [-0.2, 0) is 6.42 Å². The van der Waals surface area contributed by atoms with Crippen molar-refractivity contribution in [2.45, 2.75) is 13.3 Å². The van der Waals surface area contributed by atoms with Gasteiger partial charge in [0.1, 0.15) is 5.01 Å². The zero-order valence-corrected chi connectivity index (χ0v) is 11.2. The minimum Gasteiger partial charge on any atom is -0.398 e. The Balaban J connectivity index is 2.14. The molecule has 0 aliphatic heterocycles. The van der Waals surface area contributed by atoms with Crippen LogP contribution in [0.4, 0.5) is 10.8 Å². The van der Waals surface area contributed by atoms with E-state index < -0.39 is 0 Å². The van der Waals surface area contributed by atoms with Crippen molar-refractivity contribution in [1.82, 2.24) is 10.2 Å². The van der Waals surface area contributed by atoms with Crippen LogP contribution in [0.1, 0.15) is 22.3 Å². The van der Waals surface area contributed by atoms with Crippen molar-refractivity contribution < 1.29 is 4.79 Å². The molecule has 0 fully saturated rings. The summed E-state index contributed by atoms with van der Waals surface area (Å²) in [4.78, 5) is 11.9. The number of aromatic nitrogens is 2. The number of halogens is 1. The molecule has 0 atom stereocenters. The summed E-state index contributed by atoms with van der Waals surface area (Å²) in [5.41, 5.74) is 6.45.